The van der Waals surface area contributed by atoms with Gasteiger partial charge in [0.1, 0.15) is 6.10 Å². The summed E-state index contributed by atoms with van der Waals surface area (Å²) in [6.45, 7) is 1.27. The fourth-order valence-corrected chi connectivity index (χ4v) is 5.28. The summed E-state index contributed by atoms with van der Waals surface area (Å²) in [4.78, 5) is -0.499. The summed E-state index contributed by atoms with van der Waals surface area (Å²) in [6, 6.07) is 4.20. The predicted octanol–water partition coefficient (Wildman–Crippen LogP) is 4.54. The Labute approximate surface area is 168 Å². The van der Waals surface area contributed by atoms with Crippen molar-refractivity contribution in [3.05, 3.63) is 47.3 Å². The molecular formula is C18H18F6N2O3S. The van der Waals surface area contributed by atoms with Crippen molar-refractivity contribution in [3.8, 4) is 0 Å². The summed E-state index contributed by atoms with van der Waals surface area (Å²) in [5.41, 5.74) is -2.21. The lowest BCUT2D eigenvalue weighted by Gasteiger charge is -2.37. The second-order valence-corrected chi connectivity index (χ2v) is 9.83. The van der Waals surface area contributed by atoms with Gasteiger partial charge in [0, 0.05) is 13.7 Å². The van der Waals surface area contributed by atoms with E-state index in [0.29, 0.717) is 6.07 Å². The zero-order chi connectivity index (χ0) is 22.5. The van der Waals surface area contributed by atoms with Crippen molar-refractivity contribution >= 4 is 9.84 Å². The van der Waals surface area contributed by atoms with E-state index in [1.807, 2.05) is 0 Å². The molecule has 30 heavy (non-hydrogen) atoms. The van der Waals surface area contributed by atoms with E-state index in [1.165, 1.54) is 14.0 Å². The molecule has 0 bridgehead atoms. The van der Waals surface area contributed by atoms with Gasteiger partial charge in [0.2, 0.25) is 0 Å². The molecule has 1 saturated heterocycles. The third kappa shape index (κ3) is 4.07. The van der Waals surface area contributed by atoms with E-state index in [9.17, 15) is 34.8 Å². The van der Waals surface area contributed by atoms with Gasteiger partial charge in [-0.3, -0.25) is 4.68 Å². The zero-order valence-corrected chi connectivity index (χ0v) is 16.7. The first-order valence-corrected chi connectivity index (χ1v) is 10.3. The van der Waals surface area contributed by atoms with Crippen LogP contribution >= 0.6 is 0 Å². The Balaban J connectivity index is 1.96. The molecule has 2 atom stereocenters. The van der Waals surface area contributed by atoms with Gasteiger partial charge in [-0.25, -0.2) is 8.42 Å². The van der Waals surface area contributed by atoms with Gasteiger partial charge in [0.05, 0.1) is 20.9 Å². The molecular weight excluding hydrogens is 438 g/mol. The molecule has 5 nitrogen and oxygen atoms in total. The maximum Gasteiger partial charge on any atom is 0.435 e. The zero-order valence-electron chi connectivity index (χ0n) is 15.9. The standard InChI is InChI=1S/C18H18F6N2O3S/c1-16(30(27,28)12-5-3-4-11(8-12)17(19,20)21)6-7-29-14(10-16)13-9-15(18(22,23)24)25-26(13)2/h3-5,8-9,14H,6-7,10H2,1-2H3. The van der Waals surface area contributed by atoms with Crippen molar-refractivity contribution in [2.24, 2.45) is 7.05 Å². The van der Waals surface area contributed by atoms with Crippen molar-refractivity contribution in [2.45, 2.75) is 47.9 Å². The van der Waals surface area contributed by atoms with Crippen LogP contribution in [0.4, 0.5) is 26.3 Å². The molecule has 1 aliphatic rings. The van der Waals surface area contributed by atoms with Gasteiger partial charge in [-0.1, -0.05) is 6.07 Å². The van der Waals surface area contributed by atoms with Crippen LogP contribution in [0.15, 0.2) is 35.2 Å². The molecule has 166 valence electrons. The molecule has 1 aromatic carbocycles. The monoisotopic (exact) mass is 456 g/mol. The lowest BCUT2D eigenvalue weighted by molar-refractivity contribution is -0.141. The van der Waals surface area contributed by atoms with Crippen molar-refractivity contribution in [1.29, 1.82) is 0 Å². The first-order chi connectivity index (χ1) is 13.6. The minimum Gasteiger partial charge on any atom is -0.372 e. The number of aromatic nitrogens is 2. The number of ether oxygens (including phenoxy) is 1. The normalized spacial score (nSPS) is 23.5. The highest BCUT2D eigenvalue weighted by Crippen LogP contribution is 2.43. The van der Waals surface area contributed by atoms with E-state index in [0.717, 1.165) is 28.9 Å². The molecule has 0 spiro atoms. The molecule has 2 unspecified atom stereocenters. The highest BCUT2D eigenvalue weighted by Gasteiger charge is 2.47. The second kappa shape index (κ2) is 7.26. The SMILES string of the molecule is Cn1nc(C(F)(F)F)cc1C1CC(C)(S(=O)(=O)c2cccc(C(F)(F)F)c2)CCO1. The Bertz CT molecular complexity index is 1040. The Morgan fingerprint density at radius 2 is 1.80 bits per heavy atom. The molecule has 0 aliphatic carbocycles. The number of sulfone groups is 1. The summed E-state index contributed by atoms with van der Waals surface area (Å²) in [5, 5.41) is 3.40. The minimum atomic E-state index is -4.71. The van der Waals surface area contributed by atoms with Crippen LogP contribution in [0.25, 0.3) is 0 Å². The van der Waals surface area contributed by atoms with Crippen LogP contribution < -0.4 is 0 Å². The van der Waals surface area contributed by atoms with Crippen molar-refractivity contribution < 1.29 is 39.5 Å². The van der Waals surface area contributed by atoms with Gasteiger partial charge in [0.15, 0.2) is 15.5 Å². The molecule has 0 saturated carbocycles. The van der Waals surface area contributed by atoms with Gasteiger partial charge in [-0.05, 0) is 44.0 Å². The van der Waals surface area contributed by atoms with Crippen LogP contribution in [0.1, 0.15) is 42.8 Å². The average molecular weight is 456 g/mol. The number of alkyl halides is 6. The number of nitrogens with zero attached hydrogens (tertiary/aromatic N) is 2. The summed E-state index contributed by atoms with van der Waals surface area (Å²) >= 11 is 0. The molecule has 1 aliphatic heterocycles. The van der Waals surface area contributed by atoms with Gasteiger partial charge in [0.25, 0.3) is 0 Å². The number of halogens is 6. The van der Waals surface area contributed by atoms with E-state index in [2.05, 4.69) is 5.10 Å². The van der Waals surface area contributed by atoms with Crippen LogP contribution in [-0.2, 0) is 34.0 Å². The number of aryl methyl sites for hydroxylation is 1. The van der Waals surface area contributed by atoms with E-state index in [-0.39, 0.29) is 25.1 Å². The highest BCUT2D eigenvalue weighted by molar-refractivity contribution is 7.92. The third-order valence-corrected chi connectivity index (χ3v) is 7.77. The molecule has 1 aromatic heterocycles. The summed E-state index contributed by atoms with van der Waals surface area (Å²) in [5.74, 6) is 0. The molecule has 3 rings (SSSR count). The second-order valence-electron chi connectivity index (χ2n) is 7.37. The molecule has 2 heterocycles. The first kappa shape index (κ1) is 22.6. The van der Waals surface area contributed by atoms with Crippen molar-refractivity contribution in [1.82, 2.24) is 9.78 Å². The number of hydrogen-bond donors (Lipinski definition) is 0. The topological polar surface area (TPSA) is 61.2 Å². The Morgan fingerprint density at radius 1 is 1.13 bits per heavy atom. The van der Waals surface area contributed by atoms with Crippen molar-refractivity contribution in [2.75, 3.05) is 6.61 Å². The molecule has 2 aromatic rings. The smallest absolute Gasteiger partial charge is 0.372 e. The first-order valence-electron chi connectivity index (χ1n) is 8.80. The van der Waals surface area contributed by atoms with Crippen LogP contribution in [-0.4, -0.2) is 29.6 Å². The van der Waals surface area contributed by atoms with E-state index in [1.54, 1.807) is 0 Å². The Morgan fingerprint density at radius 3 is 2.37 bits per heavy atom. The van der Waals surface area contributed by atoms with Gasteiger partial charge in [-0.2, -0.15) is 31.4 Å². The van der Waals surface area contributed by atoms with E-state index in [4.69, 9.17) is 4.74 Å². The van der Waals surface area contributed by atoms with Gasteiger partial charge in [-0.15, -0.1) is 0 Å². The van der Waals surface area contributed by atoms with Gasteiger partial charge >= 0.3 is 12.4 Å². The van der Waals surface area contributed by atoms with Crippen LogP contribution in [0.3, 0.4) is 0 Å². The molecule has 0 radical (unpaired) electrons. The number of hydrogen-bond acceptors (Lipinski definition) is 4. The van der Waals surface area contributed by atoms with E-state index < -0.39 is 49.2 Å². The van der Waals surface area contributed by atoms with Gasteiger partial charge < -0.3 is 4.74 Å². The van der Waals surface area contributed by atoms with Crippen molar-refractivity contribution in [3.63, 3.8) is 0 Å². The maximum atomic E-state index is 13.2. The largest absolute Gasteiger partial charge is 0.435 e. The lowest BCUT2D eigenvalue weighted by atomic mass is 9.94. The van der Waals surface area contributed by atoms with Crippen LogP contribution in [0, 0.1) is 0 Å². The fourth-order valence-electron chi connectivity index (χ4n) is 3.45. The molecule has 0 N–H and O–H groups in total. The average Bonchev–Trinajstić information content (AvgIpc) is 3.03. The maximum absolute atomic E-state index is 13.2. The fraction of sp³-hybridized carbons (Fsp3) is 0.500. The summed E-state index contributed by atoms with van der Waals surface area (Å²) in [7, 11) is -2.97. The third-order valence-electron chi connectivity index (χ3n) is 5.22. The molecule has 1 fully saturated rings. The Kier molecular flexibility index (Phi) is 5.47. The quantitative estimate of drug-likeness (QED) is 0.637. The van der Waals surface area contributed by atoms with E-state index >= 15 is 0 Å². The molecule has 0 amide bonds. The molecule has 12 heteroatoms. The summed E-state index contributed by atoms with van der Waals surface area (Å²) in [6.07, 6.45) is -10.7. The Hall–Kier alpha value is -2.08. The number of rotatable bonds is 3. The predicted molar refractivity (Wildman–Crippen MR) is 93.2 cm³/mol. The minimum absolute atomic E-state index is 0.0218. The highest BCUT2D eigenvalue weighted by atomic mass is 32.2. The number of benzene rings is 1. The van der Waals surface area contributed by atoms with Crippen LogP contribution in [0.5, 0.6) is 0 Å². The van der Waals surface area contributed by atoms with Crippen LogP contribution in [0.2, 0.25) is 0 Å². The lowest BCUT2D eigenvalue weighted by Crippen LogP contribution is -2.42. The summed E-state index contributed by atoms with van der Waals surface area (Å²) < 4.78 is 109.